The molecule has 0 heterocycles. The second-order valence-electron chi connectivity index (χ2n) is 6.93. The highest BCUT2D eigenvalue weighted by atomic mass is 16.5. The van der Waals surface area contributed by atoms with Gasteiger partial charge in [0, 0.05) is 13.7 Å². The number of likely N-dealkylation sites (N-methyl/N-ethyl adjacent to an activating group) is 1. The predicted molar refractivity (Wildman–Crippen MR) is 83.0 cm³/mol. The molecule has 3 nitrogen and oxygen atoms in total. The molecule has 4 unspecified atom stereocenters. The summed E-state index contributed by atoms with van der Waals surface area (Å²) in [4.78, 5) is 0. The molecule has 0 spiro atoms. The van der Waals surface area contributed by atoms with E-state index in [1.165, 1.54) is 44.9 Å². The molecule has 0 aromatic rings. The minimum atomic E-state index is 0.0774. The third-order valence-corrected chi connectivity index (χ3v) is 5.07. The van der Waals surface area contributed by atoms with Crippen LogP contribution >= 0.6 is 0 Å². The number of ether oxygens (including phenoxy) is 2. The van der Waals surface area contributed by atoms with E-state index in [9.17, 15) is 0 Å². The van der Waals surface area contributed by atoms with Crippen LogP contribution in [0.2, 0.25) is 0 Å². The highest BCUT2D eigenvalue weighted by molar-refractivity contribution is 4.91. The Labute approximate surface area is 124 Å². The van der Waals surface area contributed by atoms with Crippen molar-refractivity contribution in [2.75, 3.05) is 20.2 Å². The van der Waals surface area contributed by atoms with Gasteiger partial charge in [0.2, 0.25) is 0 Å². The van der Waals surface area contributed by atoms with Gasteiger partial charge in [-0.25, -0.2) is 0 Å². The van der Waals surface area contributed by atoms with Crippen LogP contribution in [0.25, 0.3) is 0 Å². The molecule has 2 aliphatic rings. The highest BCUT2D eigenvalue weighted by Crippen LogP contribution is 2.38. The Bertz CT molecular complexity index is 284. The van der Waals surface area contributed by atoms with Crippen molar-refractivity contribution in [2.24, 2.45) is 5.92 Å². The number of hydrogen-bond donors (Lipinski definition) is 1. The molecule has 2 saturated carbocycles. The van der Waals surface area contributed by atoms with Crippen LogP contribution < -0.4 is 5.32 Å². The van der Waals surface area contributed by atoms with E-state index in [2.05, 4.69) is 19.2 Å². The zero-order valence-corrected chi connectivity index (χ0v) is 13.6. The van der Waals surface area contributed by atoms with Crippen LogP contribution in [-0.2, 0) is 9.47 Å². The molecule has 2 aliphatic carbocycles. The van der Waals surface area contributed by atoms with Gasteiger partial charge in [-0.15, -0.1) is 0 Å². The van der Waals surface area contributed by atoms with Gasteiger partial charge in [0.05, 0.1) is 17.8 Å². The number of rotatable bonds is 6. The van der Waals surface area contributed by atoms with E-state index in [1.54, 1.807) is 0 Å². The molecular formula is C17H33NO2. The van der Waals surface area contributed by atoms with Crippen LogP contribution in [0.1, 0.15) is 65.2 Å². The molecule has 0 bridgehead atoms. The Kier molecular flexibility index (Phi) is 6.31. The third-order valence-electron chi connectivity index (χ3n) is 5.07. The molecule has 118 valence electrons. The van der Waals surface area contributed by atoms with Gasteiger partial charge in [-0.1, -0.05) is 26.7 Å². The molecule has 20 heavy (non-hydrogen) atoms. The van der Waals surface area contributed by atoms with Crippen molar-refractivity contribution in [3.63, 3.8) is 0 Å². The maximum absolute atomic E-state index is 6.68. The van der Waals surface area contributed by atoms with E-state index in [-0.39, 0.29) is 5.60 Å². The van der Waals surface area contributed by atoms with Crippen molar-refractivity contribution in [3.05, 3.63) is 0 Å². The monoisotopic (exact) mass is 283 g/mol. The van der Waals surface area contributed by atoms with E-state index < -0.39 is 0 Å². The van der Waals surface area contributed by atoms with Crippen molar-refractivity contribution in [1.82, 2.24) is 5.32 Å². The first kappa shape index (κ1) is 16.3. The van der Waals surface area contributed by atoms with Crippen LogP contribution in [-0.4, -0.2) is 38.0 Å². The standard InChI is InChI=1S/C17H33NO2/c1-4-18-13-17(10-6-7-14(2)12-17)20-16-9-5-8-15(11-16)19-3/h14-16,18H,4-13H2,1-3H3. The summed E-state index contributed by atoms with van der Waals surface area (Å²) >= 11 is 0. The van der Waals surface area contributed by atoms with Crippen LogP contribution in [0.3, 0.4) is 0 Å². The zero-order valence-electron chi connectivity index (χ0n) is 13.6. The quantitative estimate of drug-likeness (QED) is 0.809. The molecule has 0 radical (unpaired) electrons. The molecular weight excluding hydrogens is 250 g/mol. The van der Waals surface area contributed by atoms with Crippen LogP contribution in [0.5, 0.6) is 0 Å². The van der Waals surface area contributed by atoms with Crippen molar-refractivity contribution >= 4 is 0 Å². The molecule has 3 heteroatoms. The fourth-order valence-electron chi connectivity index (χ4n) is 4.05. The lowest BCUT2D eigenvalue weighted by Crippen LogP contribution is -2.49. The maximum atomic E-state index is 6.68. The van der Waals surface area contributed by atoms with E-state index in [0.717, 1.165) is 25.4 Å². The normalized spacial score (nSPS) is 38.9. The summed E-state index contributed by atoms with van der Waals surface area (Å²) < 4.78 is 12.2. The topological polar surface area (TPSA) is 30.5 Å². The predicted octanol–water partition coefficient (Wildman–Crippen LogP) is 3.52. The largest absolute Gasteiger partial charge is 0.381 e. The second kappa shape index (κ2) is 7.77. The third kappa shape index (κ3) is 4.44. The van der Waals surface area contributed by atoms with Gasteiger partial charge in [-0.3, -0.25) is 0 Å². The first-order valence-corrected chi connectivity index (χ1v) is 8.59. The van der Waals surface area contributed by atoms with Gasteiger partial charge < -0.3 is 14.8 Å². The van der Waals surface area contributed by atoms with E-state index in [0.29, 0.717) is 12.2 Å². The second-order valence-corrected chi connectivity index (χ2v) is 6.93. The first-order valence-electron chi connectivity index (χ1n) is 8.59. The molecule has 1 N–H and O–H groups in total. The molecule has 0 aliphatic heterocycles. The highest BCUT2D eigenvalue weighted by Gasteiger charge is 2.38. The summed E-state index contributed by atoms with van der Waals surface area (Å²) in [7, 11) is 1.84. The van der Waals surface area contributed by atoms with Gasteiger partial charge >= 0.3 is 0 Å². The summed E-state index contributed by atoms with van der Waals surface area (Å²) in [6.07, 6.45) is 10.7. The maximum Gasteiger partial charge on any atom is 0.0812 e. The average molecular weight is 283 g/mol. The van der Waals surface area contributed by atoms with Crippen molar-refractivity contribution in [2.45, 2.75) is 83.0 Å². The van der Waals surface area contributed by atoms with Crippen LogP contribution in [0.4, 0.5) is 0 Å². The van der Waals surface area contributed by atoms with E-state index >= 15 is 0 Å². The minimum absolute atomic E-state index is 0.0774. The van der Waals surface area contributed by atoms with Crippen molar-refractivity contribution < 1.29 is 9.47 Å². The van der Waals surface area contributed by atoms with Crippen LogP contribution in [0.15, 0.2) is 0 Å². The number of nitrogens with one attached hydrogen (secondary N) is 1. The van der Waals surface area contributed by atoms with Gasteiger partial charge in [0.25, 0.3) is 0 Å². The summed E-state index contributed by atoms with van der Waals surface area (Å²) in [6, 6.07) is 0. The molecule has 2 rings (SSSR count). The Hall–Kier alpha value is -0.120. The number of hydrogen-bond acceptors (Lipinski definition) is 3. The van der Waals surface area contributed by atoms with Gasteiger partial charge in [0.15, 0.2) is 0 Å². The summed E-state index contributed by atoms with van der Waals surface area (Å²) in [6.45, 7) is 6.61. The first-order chi connectivity index (χ1) is 9.67. The molecule has 0 aromatic heterocycles. The Balaban J connectivity index is 1.95. The minimum Gasteiger partial charge on any atom is -0.381 e. The van der Waals surface area contributed by atoms with Gasteiger partial charge in [0.1, 0.15) is 0 Å². The smallest absolute Gasteiger partial charge is 0.0812 e. The van der Waals surface area contributed by atoms with E-state index in [4.69, 9.17) is 9.47 Å². The lowest BCUT2D eigenvalue weighted by molar-refractivity contribution is -0.142. The molecule has 2 fully saturated rings. The fraction of sp³-hybridized carbons (Fsp3) is 1.00. The Morgan fingerprint density at radius 1 is 1.15 bits per heavy atom. The van der Waals surface area contributed by atoms with Crippen molar-refractivity contribution in [1.29, 1.82) is 0 Å². The van der Waals surface area contributed by atoms with Crippen molar-refractivity contribution in [3.8, 4) is 0 Å². The Morgan fingerprint density at radius 3 is 2.65 bits per heavy atom. The molecule has 0 amide bonds. The van der Waals surface area contributed by atoms with E-state index in [1.807, 2.05) is 7.11 Å². The lowest BCUT2D eigenvalue weighted by atomic mass is 9.78. The van der Waals surface area contributed by atoms with Gasteiger partial charge in [-0.05, 0) is 51.0 Å². The van der Waals surface area contributed by atoms with Gasteiger partial charge in [-0.2, -0.15) is 0 Å². The Morgan fingerprint density at radius 2 is 1.95 bits per heavy atom. The molecule has 4 atom stereocenters. The average Bonchev–Trinajstić information content (AvgIpc) is 2.45. The molecule has 0 aromatic carbocycles. The van der Waals surface area contributed by atoms with Crippen LogP contribution in [0, 0.1) is 5.92 Å². The summed E-state index contributed by atoms with van der Waals surface area (Å²) in [5.41, 5.74) is 0.0774. The number of methoxy groups -OCH3 is 1. The zero-order chi connectivity index (χ0) is 14.4. The summed E-state index contributed by atoms with van der Waals surface area (Å²) in [5, 5.41) is 3.54. The fourth-order valence-corrected chi connectivity index (χ4v) is 4.05. The summed E-state index contributed by atoms with van der Waals surface area (Å²) in [5.74, 6) is 0.796. The lowest BCUT2D eigenvalue weighted by Gasteiger charge is -2.44. The molecule has 0 saturated heterocycles. The SMILES string of the molecule is CCNCC1(OC2CCCC(OC)C2)CCCC(C)C1.